The predicted molar refractivity (Wildman–Crippen MR) is 42.4 cm³/mol. The summed E-state index contributed by atoms with van der Waals surface area (Å²) in [6.07, 6.45) is 0. The lowest BCUT2D eigenvalue weighted by Gasteiger charge is -2.02. The Morgan fingerprint density at radius 1 is 1.82 bits per heavy atom. The second-order valence-corrected chi connectivity index (χ2v) is 2.28. The summed E-state index contributed by atoms with van der Waals surface area (Å²) < 4.78 is 0.507. The van der Waals surface area contributed by atoms with Crippen molar-refractivity contribution in [3.63, 3.8) is 0 Å². The summed E-state index contributed by atoms with van der Waals surface area (Å²) in [5, 5.41) is 16.0. The summed E-state index contributed by atoms with van der Waals surface area (Å²) >= 11 is 3.95. The molecule has 11 heavy (non-hydrogen) atoms. The molecule has 1 heterocycles. The molecular weight excluding hydrogens is 164 g/mol. The fraction of sp³-hybridized carbons (Fsp3) is 0.200. The van der Waals surface area contributed by atoms with Gasteiger partial charge in [0.25, 0.3) is 5.62 Å². The highest BCUT2D eigenvalue weighted by Crippen LogP contribution is 2.00. The Bertz CT molecular complexity index is 321. The number of hydrogen-bond acceptors (Lipinski definition) is 5. The molecule has 0 aliphatic carbocycles. The third-order valence-corrected chi connectivity index (χ3v) is 1.50. The summed E-state index contributed by atoms with van der Waals surface area (Å²) in [4.78, 5) is 3.68. The molecule has 60 valence electrons. The highest BCUT2D eigenvalue weighted by atomic mass is 32.1. The highest BCUT2D eigenvalue weighted by molar-refractivity contribution is 7.79. The van der Waals surface area contributed by atoms with Crippen LogP contribution in [-0.2, 0) is 5.75 Å². The Morgan fingerprint density at radius 3 is 2.91 bits per heavy atom. The van der Waals surface area contributed by atoms with Crippen molar-refractivity contribution in [1.82, 2.24) is 9.71 Å². The van der Waals surface area contributed by atoms with Crippen LogP contribution in [0.5, 0.6) is 0 Å². The van der Waals surface area contributed by atoms with Gasteiger partial charge in [0.2, 0.25) is 0 Å². The third kappa shape index (κ3) is 1.45. The number of hydrogen-bond donors (Lipinski definition) is 4. The molecule has 0 spiro atoms. The smallest absolute Gasteiger partial charge is 0.257 e. The number of aromatic nitrogens is 2. The van der Waals surface area contributed by atoms with Gasteiger partial charge in [-0.25, -0.2) is 4.98 Å². The summed E-state index contributed by atoms with van der Waals surface area (Å²) in [6, 6.07) is 1.46. The van der Waals surface area contributed by atoms with E-state index in [0.717, 1.165) is 0 Å². The van der Waals surface area contributed by atoms with Gasteiger partial charge in [-0.3, -0.25) is 5.41 Å². The molecule has 1 rings (SSSR count). The van der Waals surface area contributed by atoms with Gasteiger partial charge in [0.1, 0.15) is 5.82 Å². The number of anilines is 1. The van der Waals surface area contributed by atoms with Gasteiger partial charge in [0.05, 0.1) is 5.69 Å². The van der Waals surface area contributed by atoms with E-state index in [1.165, 1.54) is 6.07 Å². The minimum atomic E-state index is -0.283. The first-order valence-electron chi connectivity index (χ1n) is 2.88. The second kappa shape index (κ2) is 2.83. The lowest BCUT2D eigenvalue weighted by Crippen LogP contribution is -2.24. The van der Waals surface area contributed by atoms with Gasteiger partial charge in [0.15, 0.2) is 0 Å². The number of nitrogens with two attached hydrogens (primary N) is 1. The van der Waals surface area contributed by atoms with Crippen molar-refractivity contribution >= 4 is 18.4 Å². The molecule has 0 aliphatic rings. The SMILES string of the molecule is N=c1nc(CS)cc(N)n1O. The fourth-order valence-electron chi connectivity index (χ4n) is 0.651. The highest BCUT2D eigenvalue weighted by Gasteiger charge is 1.98. The van der Waals surface area contributed by atoms with Gasteiger partial charge < -0.3 is 10.9 Å². The number of thiol groups is 1. The van der Waals surface area contributed by atoms with Crippen molar-refractivity contribution in [3.05, 3.63) is 17.4 Å². The van der Waals surface area contributed by atoms with E-state index < -0.39 is 0 Å². The first kappa shape index (κ1) is 7.93. The molecule has 1 aromatic rings. The van der Waals surface area contributed by atoms with E-state index in [0.29, 0.717) is 16.2 Å². The molecule has 0 amide bonds. The van der Waals surface area contributed by atoms with Crippen LogP contribution >= 0.6 is 12.6 Å². The molecule has 0 aromatic carbocycles. The molecule has 0 aliphatic heterocycles. The van der Waals surface area contributed by atoms with E-state index in [2.05, 4.69) is 17.6 Å². The summed E-state index contributed by atoms with van der Waals surface area (Å²) in [5.74, 6) is 0.491. The molecule has 0 unspecified atom stereocenters. The van der Waals surface area contributed by atoms with Gasteiger partial charge in [-0.15, -0.1) is 4.73 Å². The average molecular weight is 172 g/mol. The van der Waals surface area contributed by atoms with Gasteiger partial charge in [-0.1, -0.05) is 0 Å². The molecule has 4 N–H and O–H groups in total. The van der Waals surface area contributed by atoms with E-state index in [4.69, 9.17) is 16.4 Å². The first-order chi connectivity index (χ1) is 5.15. The molecule has 0 fully saturated rings. The van der Waals surface area contributed by atoms with Crippen LogP contribution in [0, 0.1) is 5.41 Å². The Kier molecular flexibility index (Phi) is 2.04. The normalized spacial score (nSPS) is 9.91. The van der Waals surface area contributed by atoms with Gasteiger partial charge >= 0.3 is 0 Å². The van der Waals surface area contributed by atoms with Gasteiger partial charge in [-0.05, 0) is 0 Å². The Balaban J connectivity index is 3.32. The van der Waals surface area contributed by atoms with E-state index in [1.807, 2.05) is 0 Å². The molecular formula is C5H8N4OS. The number of nitrogen functional groups attached to an aromatic ring is 1. The van der Waals surface area contributed by atoms with Crippen LogP contribution in [0.2, 0.25) is 0 Å². The molecule has 0 radical (unpaired) electrons. The summed E-state index contributed by atoms with van der Waals surface area (Å²) in [6.45, 7) is 0. The maximum absolute atomic E-state index is 8.94. The summed E-state index contributed by atoms with van der Waals surface area (Å²) in [7, 11) is 0. The topological polar surface area (TPSA) is 87.9 Å². The third-order valence-electron chi connectivity index (χ3n) is 1.17. The molecule has 5 nitrogen and oxygen atoms in total. The van der Waals surface area contributed by atoms with Crippen LogP contribution in [0.4, 0.5) is 5.82 Å². The zero-order chi connectivity index (χ0) is 8.43. The van der Waals surface area contributed by atoms with Crippen molar-refractivity contribution in [1.29, 1.82) is 5.41 Å². The lowest BCUT2D eigenvalue weighted by atomic mass is 10.4. The van der Waals surface area contributed by atoms with Crippen molar-refractivity contribution in [2.45, 2.75) is 5.75 Å². The van der Waals surface area contributed by atoms with E-state index in [-0.39, 0.29) is 11.4 Å². The second-order valence-electron chi connectivity index (χ2n) is 1.97. The Hall–Kier alpha value is -1.17. The quantitative estimate of drug-likeness (QED) is 0.343. The molecule has 0 saturated heterocycles. The first-order valence-corrected chi connectivity index (χ1v) is 3.51. The zero-order valence-corrected chi connectivity index (χ0v) is 6.55. The van der Waals surface area contributed by atoms with Crippen molar-refractivity contribution < 1.29 is 5.21 Å². The lowest BCUT2D eigenvalue weighted by molar-refractivity contribution is 0.171. The molecule has 0 saturated carbocycles. The standard InChI is InChI=1S/C5H8N4OS/c6-4-1-3(2-11)8-5(7)9(4)10/h1,7,10-11H,2,6H2. The minimum absolute atomic E-state index is 0.0917. The minimum Gasteiger partial charge on any atom is -0.423 e. The maximum atomic E-state index is 8.94. The van der Waals surface area contributed by atoms with Crippen LogP contribution in [-0.4, -0.2) is 14.9 Å². The Labute approximate surface area is 68.4 Å². The van der Waals surface area contributed by atoms with Crippen LogP contribution in [0.3, 0.4) is 0 Å². The van der Waals surface area contributed by atoms with Crippen LogP contribution in [0.1, 0.15) is 5.69 Å². The number of nitrogens with zero attached hydrogens (tertiary/aromatic N) is 2. The monoisotopic (exact) mass is 172 g/mol. The van der Waals surface area contributed by atoms with E-state index in [1.54, 1.807) is 0 Å². The van der Waals surface area contributed by atoms with E-state index >= 15 is 0 Å². The van der Waals surface area contributed by atoms with Gasteiger partial charge in [0, 0.05) is 11.8 Å². The van der Waals surface area contributed by atoms with Crippen LogP contribution < -0.4 is 11.4 Å². The van der Waals surface area contributed by atoms with Crippen molar-refractivity contribution in [2.75, 3.05) is 5.73 Å². The van der Waals surface area contributed by atoms with Crippen molar-refractivity contribution in [2.24, 2.45) is 0 Å². The zero-order valence-electron chi connectivity index (χ0n) is 5.65. The molecule has 6 heteroatoms. The predicted octanol–water partition coefficient (Wildman–Crippen LogP) is -0.388. The fourth-order valence-corrected chi connectivity index (χ4v) is 0.813. The largest absolute Gasteiger partial charge is 0.423 e. The molecule has 0 bridgehead atoms. The van der Waals surface area contributed by atoms with Crippen LogP contribution in [0.25, 0.3) is 0 Å². The average Bonchev–Trinajstić information content (AvgIpc) is 1.99. The number of nitrogens with one attached hydrogen (secondary N) is 1. The van der Waals surface area contributed by atoms with Crippen molar-refractivity contribution in [3.8, 4) is 0 Å². The number of rotatable bonds is 1. The molecule has 1 aromatic heterocycles. The maximum Gasteiger partial charge on any atom is 0.257 e. The molecule has 0 atom stereocenters. The Morgan fingerprint density at radius 2 is 2.45 bits per heavy atom. The van der Waals surface area contributed by atoms with E-state index in [9.17, 15) is 0 Å². The summed E-state index contributed by atoms with van der Waals surface area (Å²) in [5.41, 5.74) is 5.60. The van der Waals surface area contributed by atoms with Crippen LogP contribution in [0.15, 0.2) is 6.07 Å². The van der Waals surface area contributed by atoms with Gasteiger partial charge in [-0.2, -0.15) is 12.6 Å².